The summed E-state index contributed by atoms with van der Waals surface area (Å²) in [5.74, 6) is 0. The molecule has 3 atom stereocenters. The van der Waals surface area contributed by atoms with Gasteiger partial charge in [0.1, 0.15) is 4.90 Å². The number of anilines is 1. The summed E-state index contributed by atoms with van der Waals surface area (Å²) in [4.78, 5) is -0.127. The maximum absolute atomic E-state index is 12.4. The first-order valence-corrected chi connectivity index (χ1v) is 8.53. The first-order valence-electron chi connectivity index (χ1n) is 6.29. The molecule has 3 N–H and O–H groups in total. The number of nitrogens with one attached hydrogen (secondary N) is 1. The van der Waals surface area contributed by atoms with E-state index in [-0.39, 0.29) is 33.2 Å². The zero-order valence-electron chi connectivity index (χ0n) is 10.5. The Morgan fingerprint density at radius 3 is 2.40 bits per heavy atom. The monoisotopic (exact) mass is 336 g/mol. The van der Waals surface area contributed by atoms with Gasteiger partial charge in [-0.25, -0.2) is 13.1 Å². The number of fused-ring (bicyclic) bond motifs is 2. The molecule has 2 aliphatic rings. The van der Waals surface area contributed by atoms with Gasteiger partial charge in [-0.3, -0.25) is 0 Å². The molecule has 20 heavy (non-hydrogen) atoms. The Kier molecular flexibility index (Phi) is 3.63. The average Bonchev–Trinajstić information content (AvgIpc) is 2.87. The van der Waals surface area contributed by atoms with Gasteiger partial charge in [0.05, 0.1) is 28.3 Å². The van der Waals surface area contributed by atoms with E-state index in [0.717, 1.165) is 12.8 Å². The molecule has 8 heteroatoms. The molecule has 0 aromatic heterocycles. The Morgan fingerprint density at radius 2 is 1.90 bits per heavy atom. The van der Waals surface area contributed by atoms with E-state index in [1.165, 1.54) is 12.1 Å². The van der Waals surface area contributed by atoms with Crippen LogP contribution in [0.3, 0.4) is 0 Å². The second kappa shape index (κ2) is 5.03. The van der Waals surface area contributed by atoms with E-state index in [0.29, 0.717) is 12.1 Å². The number of rotatable bonds is 3. The van der Waals surface area contributed by atoms with Crippen LogP contribution < -0.4 is 10.5 Å². The van der Waals surface area contributed by atoms with Crippen LogP contribution in [0, 0.1) is 0 Å². The quantitative estimate of drug-likeness (QED) is 0.829. The van der Waals surface area contributed by atoms with E-state index in [1.54, 1.807) is 0 Å². The highest BCUT2D eigenvalue weighted by atomic mass is 35.5. The molecular formula is C12H14Cl2N2O3S. The van der Waals surface area contributed by atoms with Gasteiger partial charge in [0.2, 0.25) is 10.0 Å². The second-order valence-corrected chi connectivity index (χ2v) is 7.62. The highest BCUT2D eigenvalue weighted by Gasteiger charge is 2.43. The Labute approximate surface area is 127 Å². The number of halogens is 2. The minimum absolute atomic E-state index is 0.0200. The summed E-state index contributed by atoms with van der Waals surface area (Å²) in [6.45, 7) is 0. The zero-order valence-corrected chi connectivity index (χ0v) is 12.8. The Morgan fingerprint density at radius 1 is 1.25 bits per heavy atom. The number of nitrogen functional groups attached to an aromatic ring is 1. The first kappa shape index (κ1) is 14.4. The molecule has 5 nitrogen and oxygen atoms in total. The molecule has 0 amide bonds. The van der Waals surface area contributed by atoms with Crippen molar-refractivity contribution < 1.29 is 13.2 Å². The van der Waals surface area contributed by atoms with Crippen molar-refractivity contribution >= 4 is 38.9 Å². The second-order valence-electron chi connectivity index (χ2n) is 5.15. The summed E-state index contributed by atoms with van der Waals surface area (Å²) in [5.41, 5.74) is 5.90. The normalized spacial score (nSPS) is 29.0. The van der Waals surface area contributed by atoms with Gasteiger partial charge in [0.25, 0.3) is 0 Å². The molecule has 3 rings (SSSR count). The molecule has 0 radical (unpaired) electrons. The van der Waals surface area contributed by atoms with Crippen molar-refractivity contribution in [1.29, 1.82) is 0 Å². The highest BCUT2D eigenvalue weighted by molar-refractivity contribution is 7.89. The average molecular weight is 337 g/mol. The maximum Gasteiger partial charge on any atom is 0.243 e. The molecule has 3 unspecified atom stereocenters. The lowest BCUT2D eigenvalue weighted by Gasteiger charge is -2.20. The van der Waals surface area contributed by atoms with Gasteiger partial charge < -0.3 is 10.5 Å². The molecule has 0 aliphatic carbocycles. The number of sulfonamides is 1. The van der Waals surface area contributed by atoms with Gasteiger partial charge in [0.15, 0.2) is 0 Å². The maximum atomic E-state index is 12.4. The van der Waals surface area contributed by atoms with Crippen molar-refractivity contribution in [3.05, 3.63) is 22.2 Å². The van der Waals surface area contributed by atoms with Crippen molar-refractivity contribution in [1.82, 2.24) is 4.72 Å². The minimum Gasteiger partial charge on any atom is -0.399 e. The lowest BCUT2D eigenvalue weighted by Crippen LogP contribution is -2.41. The summed E-state index contributed by atoms with van der Waals surface area (Å²) in [6, 6.07) is 2.53. The summed E-state index contributed by atoms with van der Waals surface area (Å²) >= 11 is 11.9. The minimum atomic E-state index is -3.79. The summed E-state index contributed by atoms with van der Waals surface area (Å²) in [5, 5.41) is 0.0400. The number of hydrogen-bond acceptors (Lipinski definition) is 4. The predicted octanol–water partition coefficient (Wildman–Crippen LogP) is 2.17. The first-order chi connectivity index (χ1) is 9.37. The van der Waals surface area contributed by atoms with Gasteiger partial charge in [-0.1, -0.05) is 23.2 Å². The number of ether oxygens (including phenoxy) is 1. The van der Waals surface area contributed by atoms with Gasteiger partial charge in [-0.15, -0.1) is 0 Å². The SMILES string of the molecule is Nc1cc(Cl)c(S(=O)(=O)NC2CC3CCC2O3)c(Cl)c1. The molecule has 110 valence electrons. The summed E-state index contributed by atoms with van der Waals surface area (Å²) in [7, 11) is -3.79. The number of nitrogens with two attached hydrogens (primary N) is 1. The van der Waals surface area contributed by atoms with Crippen LogP contribution in [0.5, 0.6) is 0 Å². The molecule has 2 saturated heterocycles. The van der Waals surface area contributed by atoms with Crippen LogP contribution in [0.4, 0.5) is 5.69 Å². The van der Waals surface area contributed by atoms with Crippen LogP contribution in [0.1, 0.15) is 19.3 Å². The number of hydrogen-bond donors (Lipinski definition) is 2. The van der Waals surface area contributed by atoms with Crippen LogP contribution in [-0.4, -0.2) is 26.7 Å². The molecular weight excluding hydrogens is 323 g/mol. The zero-order chi connectivity index (χ0) is 14.5. The molecule has 0 spiro atoms. The van der Waals surface area contributed by atoms with E-state index in [1.807, 2.05) is 0 Å². The van der Waals surface area contributed by atoms with Gasteiger partial charge in [-0.05, 0) is 31.4 Å². The molecule has 2 heterocycles. The third-order valence-corrected chi connectivity index (χ3v) is 6.11. The van der Waals surface area contributed by atoms with E-state index in [4.69, 9.17) is 33.7 Å². The van der Waals surface area contributed by atoms with Crippen molar-refractivity contribution in [2.24, 2.45) is 0 Å². The Bertz CT molecular complexity index is 627. The topological polar surface area (TPSA) is 81.4 Å². The van der Waals surface area contributed by atoms with Crippen LogP contribution >= 0.6 is 23.2 Å². The molecule has 1 aromatic rings. The Balaban J connectivity index is 1.89. The summed E-state index contributed by atoms with van der Waals surface area (Å²) < 4.78 is 33.2. The number of benzene rings is 1. The highest BCUT2D eigenvalue weighted by Crippen LogP contribution is 2.37. The van der Waals surface area contributed by atoms with Crippen LogP contribution in [0.15, 0.2) is 17.0 Å². The van der Waals surface area contributed by atoms with Gasteiger partial charge in [0, 0.05) is 5.69 Å². The smallest absolute Gasteiger partial charge is 0.243 e. The van der Waals surface area contributed by atoms with Crippen LogP contribution in [0.25, 0.3) is 0 Å². The van der Waals surface area contributed by atoms with E-state index in [9.17, 15) is 8.42 Å². The fourth-order valence-electron chi connectivity index (χ4n) is 2.86. The largest absolute Gasteiger partial charge is 0.399 e. The Hall–Kier alpha value is -0.530. The molecule has 2 aliphatic heterocycles. The predicted molar refractivity (Wildman–Crippen MR) is 77.5 cm³/mol. The standard InChI is InChI=1S/C12H14Cl2N2O3S/c13-8-3-6(15)4-9(14)12(8)20(17,18)16-10-5-7-1-2-11(10)19-7/h3-4,7,10-11,16H,1-2,5,15H2. The van der Waals surface area contributed by atoms with Crippen molar-refractivity contribution in [2.45, 2.75) is 42.4 Å². The van der Waals surface area contributed by atoms with Crippen molar-refractivity contribution in [3.8, 4) is 0 Å². The third kappa shape index (κ3) is 2.51. The fraction of sp³-hybridized carbons (Fsp3) is 0.500. The van der Waals surface area contributed by atoms with Gasteiger partial charge in [-0.2, -0.15) is 0 Å². The van der Waals surface area contributed by atoms with Crippen LogP contribution in [0.2, 0.25) is 10.0 Å². The molecule has 1 aromatic carbocycles. The van der Waals surface area contributed by atoms with Crippen molar-refractivity contribution in [3.63, 3.8) is 0 Å². The van der Waals surface area contributed by atoms with E-state index in [2.05, 4.69) is 4.72 Å². The lowest BCUT2D eigenvalue weighted by molar-refractivity contribution is 0.0996. The molecule has 2 bridgehead atoms. The lowest BCUT2D eigenvalue weighted by atomic mass is 9.96. The van der Waals surface area contributed by atoms with E-state index < -0.39 is 10.0 Å². The molecule has 0 saturated carbocycles. The van der Waals surface area contributed by atoms with Crippen LogP contribution in [-0.2, 0) is 14.8 Å². The fourth-order valence-corrected chi connectivity index (χ4v) is 5.37. The third-order valence-electron chi connectivity index (χ3n) is 3.70. The summed E-state index contributed by atoms with van der Waals surface area (Å²) in [6.07, 6.45) is 2.66. The van der Waals surface area contributed by atoms with Gasteiger partial charge >= 0.3 is 0 Å². The molecule has 2 fully saturated rings. The van der Waals surface area contributed by atoms with E-state index >= 15 is 0 Å². The van der Waals surface area contributed by atoms with Crippen molar-refractivity contribution in [2.75, 3.05) is 5.73 Å².